The second kappa shape index (κ2) is 14.1. The number of benzene rings is 2. The van der Waals surface area contributed by atoms with Crippen molar-refractivity contribution in [2.24, 2.45) is 5.73 Å². The van der Waals surface area contributed by atoms with Crippen LogP contribution in [0.3, 0.4) is 0 Å². The largest absolute Gasteiger partial charge is 0.474 e. The van der Waals surface area contributed by atoms with Gasteiger partial charge in [-0.3, -0.25) is 4.79 Å². The maximum atomic E-state index is 15.0. The lowest BCUT2D eigenvalue weighted by molar-refractivity contribution is -0.137. The molecule has 0 spiro atoms. The third kappa shape index (κ3) is 9.54. The van der Waals surface area contributed by atoms with E-state index < -0.39 is 71.1 Å². The van der Waals surface area contributed by atoms with Crippen molar-refractivity contribution in [3.8, 4) is 17.0 Å². The molecule has 3 N–H and O–H groups in total. The molecule has 0 aliphatic rings. The zero-order chi connectivity index (χ0) is 33.7. The van der Waals surface area contributed by atoms with Gasteiger partial charge in [0.1, 0.15) is 29.3 Å². The van der Waals surface area contributed by atoms with Crippen molar-refractivity contribution in [3.63, 3.8) is 0 Å². The second-order valence-electron chi connectivity index (χ2n) is 10.4. The number of nitrogens with zero attached hydrogens (tertiary/aromatic N) is 2. The third-order valence-corrected chi connectivity index (χ3v) is 6.26. The molecule has 0 saturated heterocycles. The normalized spacial score (nSPS) is 12.3. The number of hydrogen-bond donors (Lipinski definition) is 2. The molecule has 1 aromatic heterocycles. The lowest BCUT2D eigenvalue weighted by Gasteiger charge is -2.24. The van der Waals surface area contributed by atoms with Crippen LogP contribution in [0.2, 0.25) is 0 Å². The Balaban J connectivity index is 1.81. The number of carbonyl (C=O) groups excluding carboxylic acids is 3. The number of amides is 3. The van der Waals surface area contributed by atoms with E-state index in [9.17, 15) is 36.3 Å². The monoisotopic (exact) mass is 706 g/mol. The van der Waals surface area contributed by atoms with Crippen LogP contribution in [0, 0.1) is 11.6 Å². The van der Waals surface area contributed by atoms with Crippen molar-refractivity contribution >= 4 is 34.0 Å². The summed E-state index contributed by atoms with van der Waals surface area (Å²) in [5.41, 5.74) is 2.58. The van der Waals surface area contributed by atoms with Crippen LogP contribution < -0.4 is 15.8 Å². The minimum Gasteiger partial charge on any atom is -0.474 e. The van der Waals surface area contributed by atoms with Crippen molar-refractivity contribution in [1.29, 1.82) is 0 Å². The first-order valence-electron chi connectivity index (χ1n) is 13.0. The number of nitrogens with two attached hydrogens (primary N) is 1. The first-order valence-corrected chi connectivity index (χ1v) is 13.8. The minimum absolute atomic E-state index is 0.0272. The van der Waals surface area contributed by atoms with E-state index in [2.05, 4.69) is 26.2 Å². The molecular formula is C28H28BrF5N4O7. The van der Waals surface area contributed by atoms with Crippen LogP contribution in [0.15, 0.2) is 45.5 Å². The molecule has 0 radical (unpaired) electrons. The highest BCUT2D eigenvalue weighted by atomic mass is 79.9. The van der Waals surface area contributed by atoms with Crippen LogP contribution in [0.1, 0.15) is 48.7 Å². The molecule has 244 valence electrons. The molecule has 3 aromatic rings. The van der Waals surface area contributed by atoms with Crippen LogP contribution in [0.4, 0.5) is 31.5 Å². The predicted molar refractivity (Wildman–Crippen MR) is 151 cm³/mol. The van der Waals surface area contributed by atoms with E-state index in [-0.39, 0.29) is 34.9 Å². The summed E-state index contributed by atoms with van der Waals surface area (Å²) in [5, 5.41) is 2.40. The summed E-state index contributed by atoms with van der Waals surface area (Å²) in [4.78, 5) is 41.5. The molecule has 0 bridgehead atoms. The molecule has 17 heteroatoms. The van der Waals surface area contributed by atoms with Gasteiger partial charge in [-0.1, -0.05) is 12.1 Å². The third-order valence-electron chi connectivity index (χ3n) is 5.72. The summed E-state index contributed by atoms with van der Waals surface area (Å²) in [5.74, 6) is -5.13. The molecule has 0 fully saturated rings. The van der Waals surface area contributed by atoms with E-state index in [1.54, 1.807) is 20.8 Å². The van der Waals surface area contributed by atoms with Crippen LogP contribution in [-0.2, 0) is 15.7 Å². The zero-order valence-electron chi connectivity index (χ0n) is 24.3. The number of hydrogen-bond acceptors (Lipinski definition) is 8. The van der Waals surface area contributed by atoms with Crippen molar-refractivity contribution in [1.82, 2.24) is 15.2 Å². The molecule has 45 heavy (non-hydrogen) atoms. The second-order valence-corrected chi connectivity index (χ2v) is 11.1. The van der Waals surface area contributed by atoms with Gasteiger partial charge in [-0.25, -0.2) is 23.4 Å². The van der Waals surface area contributed by atoms with Gasteiger partial charge in [-0.05, 0) is 61.0 Å². The summed E-state index contributed by atoms with van der Waals surface area (Å²) in [6.07, 6.45) is -7.72. The molecule has 2 aromatic carbocycles. The summed E-state index contributed by atoms with van der Waals surface area (Å²) in [6, 6.07) is 5.52. The van der Waals surface area contributed by atoms with E-state index >= 15 is 0 Å². The van der Waals surface area contributed by atoms with Gasteiger partial charge in [0.2, 0.25) is 12.0 Å². The van der Waals surface area contributed by atoms with Crippen molar-refractivity contribution < 1.29 is 55.0 Å². The first kappa shape index (κ1) is 35.1. The number of ether oxygens (including phenoxy) is 3. The number of rotatable bonds is 10. The van der Waals surface area contributed by atoms with E-state index in [0.29, 0.717) is 0 Å². The highest BCUT2D eigenvalue weighted by Gasteiger charge is 2.31. The molecule has 3 amide bonds. The quantitative estimate of drug-likeness (QED) is 0.237. The van der Waals surface area contributed by atoms with Gasteiger partial charge in [0.25, 0.3) is 5.91 Å². The Kier molecular flexibility index (Phi) is 11.0. The smallest absolute Gasteiger partial charge is 0.416 e. The molecular weight excluding hydrogens is 679 g/mol. The number of alkyl halides is 3. The lowest BCUT2D eigenvalue weighted by Crippen LogP contribution is -2.39. The van der Waals surface area contributed by atoms with Crippen LogP contribution in [-0.4, -0.2) is 60.3 Å². The number of carbonyl (C=O) groups is 3. The van der Waals surface area contributed by atoms with Crippen LogP contribution >= 0.6 is 15.9 Å². The highest BCUT2D eigenvalue weighted by molar-refractivity contribution is 9.10. The summed E-state index contributed by atoms with van der Waals surface area (Å²) < 4.78 is 89.5. The van der Waals surface area contributed by atoms with Gasteiger partial charge in [0, 0.05) is 25.7 Å². The first-order chi connectivity index (χ1) is 20.9. The Morgan fingerprint density at radius 3 is 2.31 bits per heavy atom. The molecule has 11 nitrogen and oxygen atoms in total. The van der Waals surface area contributed by atoms with Gasteiger partial charge in [0.05, 0.1) is 5.56 Å². The van der Waals surface area contributed by atoms with Crippen molar-refractivity contribution in [3.05, 3.63) is 69.7 Å². The van der Waals surface area contributed by atoms with Gasteiger partial charge in [0.15, 0.2) is 16.2 Å². The zero-order valence-corrected chi connectivity index (χ0v) is 25.8. The highest BCUT2D eigenvalue weighted by Crippen LogP contribution is 2.36. The maximum absolute atomic E-state index is 15.0. The molecule has 0 aliphatic heterocycles. The summed E-state index contributed by atoms with van der Waals surface area (Å²) in [6.45, 7) is 4.38. The number of oxazole rings is 1. The number of nitrogens with one attached hydrogen (secondary N) is 1. The van der Waals surface area contributed by atoms with Crippen molar-refractivity contribution in [2.45, 2.75) is 38.7 Å². The van der Waals surface area contributed by atoms with E-state index in [1.165, 1.54) is 11.9 Å². The topological polar surface area (TPSA) is 146 Å². The van der Waals surface area contributed by atoms with Crippen LogP contribution in [0.25, 0.3) is 11.3 Å². The average Bonchev–Trinajstić information content (AvgIpc) is 3.31. The predicted octanol–water partition coefficient (Wildman–Crippen LogP) is 6.21. The maximum Gasteiger partial charge on any atom is 0.416 e. The Labute approximate surface area is 261 Å². The van der Waals surface area contributed by atoms with Gasteiger partial charge in [-0.15, -0.1) is 0 Å². The summed E-state index contributed by atoms with van der Waals surface area (Å²) in [7, 11) is 1.46. The van der Waals surface area contributed by atoms with Crippen LogP contribution in [0.5, 0.6) is 5.75 Å². The van der Waals surface area contributed by atoms with Gasteiger partial charge < -0.3 is 34.6 Å². The number of halogens is 6. The number of primary amides is 1. The molecule has 1 atom stereocenters. The van der Waals surface area contributed by atoms with E-state index in [4.69, 9.17) is 24.4 Å². The fourth-order valence-corrected chi connectivity index (χ4v) is 4.05. The molecule has 1 heterocycles. The Hall–Kier alpha value is -4.41. The number of alkyl carbamates (subject to hydrolysis) is 1. The Morgan fingerprint density at radius 2 is 1.73 bits per heavy atom. The van der Waals surface area contributed by atoms with Gasteiger partial charge >= 0.3 is 18.4 Å². The Bertz CT molecular complexity index is 1540. The summed E-state index contributed by atoms with van der Waals surface area (Å²) >= 11 is 3.12. The number of aromatic nitrogens is 1. The SMILES string of the molecule is CN(CCNC(=O)OCC(Oc1ccc(F)c(C(N)=O)c1F)c1nc(-c2ccc(C(F)(F)F)cc2)c(Br)o1)C(=O)OC(C)(C)C. The molecule has 0 saturated carbocycles. The number of likely N-dealkylation sites (N-methyl/N-ethyl adjacent to an activating group) is 1. The Morgan fingerprint density at radius 1 is 1.09 bits per heavy atom. The minimum atomic E-state index is -4.57. The fraction of sp³-hybridized carbons (Fsp3) is 0.357. The molecule has 0 aliphatic carbocycles. The standard InChI is InChI=1S/C28H28BrF5N4O7/c1-27(2,3)45-26(41)38(4)12-11-36-25(40)42-13-18(43-17-10-9-16(30)19(20(17)31)23(35)39)24-37-21(22(29)44-24)14-5-7-15(8-6-14)28(32,33)34/h5-10,18H,11-13H2,1-4H3,(H2,35,39)(H,36,40). The van der Waals surface area contributed by atoms with Gasteiger partial charge in [-0.2, -0.15) is 13.2 Å². The van der Waals surface area contributed by atoms with Crippen molar-refractivity contribution in [2.75, 3.05) is 26.7 Å². The van der Waals surface area contributed by atoms with E-state index in [0.717, 1.165) is 36.4 Å². The molecule has 3 rings (SSSR count). The lowest BCUT2D eigenvalue weighted by atomic mass is 10.1. The fourth-order valence-electron chi connectivity index (χ4n) is 3.57. The molecule has 1 unspecified atom stereocenters. The van der Waals surface area contributed by atoms with E-state index in [1.807, 2.05) is 0 Å². The average molecular weight is 707 g/mol.